The maximum atomic E-state index is 13.8. The minimum Gasteiger partial charge on any atom is -0.493 e. The molecule has 0 atom stereocenters. The van der Waals surface area contributed by atoms with Crippen LogP contribution in [0.4, 0.5) is 9.18 Å². The minimum atomic E-state index is -0.524. The molecule has 0 unspecified atom stereocenters. The summed E-state index contributed by atoms with van der Waals surface area (Å²) in [6.45, 7) is 3.60. The molecule has 1 aliphatic heterocycles. The quantitative estimate of drug-likeness (QED) is 0.418. The first-order valence-corrected chi connectivity index (χ1v) is 9.01. The van der Waals surface area contributed by atoms with Crippen molar-refractivity contribution in [2.24, 2.45) is 0 Å². The number of ether oxygens (including phenoxy) is 2. The van der Waals surface area contributed by atoms with Crippen molar-refractivity contribution in [1.29, 1.82) is 0 Å². The second-order valence-electron chi connectivity index (χ2n) is 6.11. The molecule has 1 saturated heterocycles. The zero-order valence-electron chi connectivity index (χ0n) is 15.6. The highest BCUT2D eigenvalue weighted by Gasteiger charge is 2.32. The lowest BCUT2D eigenvalue weighted by atomic mass is 10.1. The molecule has 0 spiro atoms. The number of benzene rings is 2. The van der Waals surface area contributed by atoms with Crippen LogP contribution in [-0.2, 0) is 11.4 Å². The van der Waals surface area contributed by atoms with Gasteiger partial charge in [-0.2, -0.15) is 0 Å². The second kappa shape index (κ2) is 8.79. The van der Waals surface area contributed by atoms with E-state index in [0.29, 0.717) is 16.9 Å². The number of carbonyl (C=O) groups is 2. The van der Waals surface area contributed by atoms with Gasteiger partial charge in [-0.1, -0.05) is 35.9 Å². The predicted molar refractivity (Wildman–Crippen MR) is 107 cm³/mol. The van der Waals surface area contributed by atoms with Crippen LogP contribution in [0.1, 0.15) is 11.1 Å². The fourth-order valence-corrected chi connectivity index (χ4v) is 3.04. The number of urea groups is 1. The molecule has 0 saturated carbocycles. The maximum Gasteiger partial charge on any atom is 0.329 e. The average molecular weight is 417 g/mol. The smallest absolute Gasteiger partial charge is 0.329 e. The molecular formula is C21H18ClFN2O4. The van der Waals surface area contributed by atoms with Crippen molar-refractivity contribution in [2.45, 2.75) is 6.61 Å². The summed E-state index contributed by atoms with van der Waals surface area (Å²) in [5, 5.41) is 2.72. The number of halogens is 2. The van der Waals surface area contributed by atoms with E-state index >= 15 is 0 Å². The van der Waals surface area contributed by atoms with E-state index < -0.39 is 11.9 Å². The number of methoxy groups -OCH3 is 1. The normalized spacial score (nSPS) is 14.9. The molecule has 2 aromatic carbocycles. The van der Waals surface area contributed by atoms with Gasteiger partial charge in [0.1, 0.15) is 18.1 Å². The molecule has 3 rings (SSSR count). The Labute approximate surface area is 172 Å². The van der Waals surface area contributed by atoms with Gasteiger partial charge in [-0.25, -0.2) is 9.18 Å². The molecule has 1 heterocycles. The third kappa shape index (κ3) is 4.41. The van der Waals surface area contributed by atoms with E-state index in [4.69, 9.17) is 21.1 Å². The fraction of sp³-hybridized carbons (Fsp3) is 0.143. The van der Waals surface area contributed by atoms with Gasteiger partial charge in [0.05, 0.1) is 12.1 Å². The molecule has 1 aliphatic rings. The Kier molecular flexibility index (Phi) is 6.19. The van der Waals surface area contributed by atoms with E-state index in [1.54, 1.807) is 30.3 Å². The maximum absolute atomic E-state index is 13.8. The molecule has 6 nitrogen and oxygen atoms in total. The van der Waals surface area contributed by atoms with Crippen molar-refractivity contribution in [3.63, 3.8) is 0 Å². The molecule has 0 bridgehead atoms. The number of imide groups is 1. The van der Waals surface area contributed by atoms with Crippen LogP contribution in [0.25, 0.3) is 6.08 Å². The molecule has 1 N–H and O–H groups in total. The highest BCUT2D eigenvalue weighted by atomic mass is 35.5. The number of nitrogens with zero attached hydrogens (tertiary/aromatic N) is 1. The van der Waals surface area contributed by atoms with E-state index in [0.717, 1.165) is 4.90 Å². The van der Waals surface area contributed by atoms with Crippen molar-refractivity contribution in [2.75, 3.05) is 13.7 Å². The van der Waals surface area contributed by atoms with Gasteiger partial charge in [0.15, 0.2) is 11.5 Å². The van der Waals surface area contributed by atoms with Gasteiger partial charge >= 0.3 is 6.03 Å². The van der Waals surface area contributed by atoms with Crippen LogP contribution >= 0.6 is 11.6 Å². The number of carbonyl (C=O) groups excluding carboxylic acids is 2. The summed E-state index contributed by atoms with van der Waals surface area (Å²) >= 11 is 6.32. The summed E-state index contributed by atoms with van der Waals surface area (Å²) in [6.07, 6.45) is 2.94. The van der Waals surface area contributed by atoms with E-state index in [1.165, 1.54) is 25.3 Å². The first-order chi connectivity index (χ1) is 13.9. The first kappa shape index (κ1) is 20.4. The van der Waals surface area contributed by atoms with Gasteiger partial charge in [0.2, 0.25) is 0 Å². The third-order valence-electron chi connectivity index (χ3n) is 4.17. The average Bonchev–Trinajstić information content (AvgIpc) is 2.95. The summed E-state index contributed by atoms with van der Waals surface area (Å²) in [5.74, 6) is -0.302. The number of amides is 3. The van der Waals surface area contributed by atoms with Gasteiger partial charge in [-0.05, 0) is 29.8 Å². The molecule has 0 aliphatic carbocycles. The number of hydrogen-bond donors (Lipinski definition) is 1. The molecule has 0 radical (unpaired) electrons. The van der Waals surface area contributed by atoms with Gasteiger partial charge in [0.25, 0.3) is 5.91 Å². The van der Waals surface area contributed by atoms with E-state index in [-0.39, 0.29) is 35.4 Å². The SMILES string of the molecule is C=CCN1C(=O)N/C(=C/c2cc(Cl)c(OCc3ccccc3F)c(OC)c2)C1=O. The zero-order chi connectivity index (χ0) is 21.0. The van der Waals surface area contributed by atoms with Crippen molar-refractivity contribution in [3.05, 3.63) is 76.7 Å². The van der Waals surface area contributed by atoms with Crippen molar-refractivity contribution >= 4 is 29.6 Å². The molecule has 1 fully saturated rings. The number of nitrogens with one attached hydrogen (secondary N) is 1. The van der Waals surface area contributed by atoms with Gasteiger partial charge in [-0.3, -0.25) is 9.69 Å². The number of rotatable bonds is 7. The summed E-state index contributed by atoms with van der Waals surface area (Å²) in [7, 11) is 1.44. The van der Waals surface area contributed by atoms with Crippen LogP contribution in [-0.4, -0.2) is 30.5 Å². The Balaban J connectivity index is 1.85. The Hall–Kier alpha value is -3.32. The largest absolute Gasteiger partial charge is 0.493 e. The molecule has 0 aromatic heterocycles. The molecule has 150 valence electrons. The van der Waals surface area contributed by atoms with Crippen molar-refractivity contribution < 1.29 is 23.5 Å². The van der Waals surface area contributed by atoms with E-state index in [9.17, 15) is 14.0 Å². The Morgan fingerprint density at radius 1 is 1.28 bits per heavy atom. The summed E-state index contributed by atoms with van der Waals surface area (Å²) < 4.78 is 24.8. The van der Waals surface area contributed by atoms with Crippen LogP contribution in [0.2, 0.25) is 5.02 Å². The van der Waals surface area contributed by atoms with Gasteiger partial charge in [0, 0.05) is 12.1 Å². The van der Waals surface area contributed by atoms with Crippen LogP contribution in [0, 0.1) is 5.82 Å². The molecule has 2 aromatic rings. The van der Waals surface area contributed by atoms with Crippen molar-refractivity contribution in [1.82, 2.24) is 10.2 Å². The van der Waals surface area contributed by atoms with Crippen LogP contribution < -0.4 is 14.8 Å². The van der Waals surface area contributed by atoms with E-state index in [1.807, 2.05) is 0 Å². The molecule has 29 heavy (non-hydrogen) atoms. The summed E-state index contributed by atoms with van der Waals surface area (Å²) in [5.41, 5.74) is 1.00. The second-order valence-corrected chi connectivity index (χ2v) is 6.51. The Bertz CT molecular complexity index is 1010. The Morgan fingerprint density at radius 2 is 2.03 bits per heavy atom. The monoisotopic (exact) mass is 416 g/mol. The molecule has 8 heteroatoms. The Morgan fingerprint density at radius 3 is 2.72 bits per heavy atom. The van der Waals surface area contributed by atoms with Crippen LogP contribution in [0.5, 0.6) is 11.5 Å². The zero-order valence-corrected chi connectivity index (χ0v) is 16.3. The fourth-order valence-electron chi connectivity index (χ4n) is 2.76. The van der Waals surface area contributed by atoms with Gasteiger partial charge < -0.3 is 14.8 Å². The number of hydrogen-bond acceptors (Lipinski definition) is 4. The standard InChI is InChI=1S/C21H18ClFN2O4/c1-3-8-25-20(26)17(24-21(25)27)10-13-9-15(22)19(18(11-13)28-2)29-12-14-6-4-5-7-16(14)23/h3-7,9-11H,1,8,12H2,2H3,(H,24,27)/b17-10+. The van der Waals surface area contributed by atoms with Crippen molar-refractivity contribution in [3.8, 4) is 11.5 Å². The third-order valence-corrected chi connectivity index (χ3v) is 4.45. The summed E-state index contributed by atoms with van der Waals surface area (Å²) in [6, 6.07) is 8.89. The van der Waals surface area contributed by atoms with E-state index in [2.05, 4.69) is 11.9 Å². The topological polar surface area (TPSA) is 67.9 Å². The lowest BCUT2D eigenvalue weighted by molar-refractivity contribution is -0.122. The lowest BCUT2D eigenvalue weighted by Crippen LogP contribution is -2.30. The molecular weight excluding hydrogens is 399 g/mol. The van der Waals surface area contributed by atoms with Crippen LogP contribution in [0.15, 0.2) is 54.8 Å². The highest BCUT2D eigenvalue weighted by molar-refractivity contribution is 6.32. The summed E-state index contributed by atoms with van der Waals surface area (Å²) in [4.78, 5) is 25.2. The predicted octanol–water partition coefficient (Wildman–Crippen LogP) is 4.15. The first-order valence-electron chi connectivity index (χ1n) is 8.63. The van der Waals surface area contributed by atoms with Gasteiger partial charge in [-0.15, -0.1) is 6.58 Å². The lowest BCUT2D eigenvalue weighted by Gasteiger charge is -2.14. The highest BCUT2D eigenvalue weighted by Crippen LogP contribution is 2.37. The van der Waals surface area contributed by atoms with Crippen LogP contribution in [0.3, 0.4) is 0 Å². The minimum absolute atomic E-state index is 0.0335. The molecule has 3 amide bonds.